The number of benzene rings is 2. The number of primary sulfonamides is 1. The number of ether oxygens (including phenoxy) is 2. The van der Waals surface area contributed by atoms with Gasteiger partial charge in [0.05, 0.1) is 34.2 Å². The van der Waals surface area contributed by atoms with E-state index in [9.17, 15) is 18.0 Å². The molecule has 2 N–H and O–H groups in total. The molecule has 1 saturated heterocycles. The molecule has 10 nitrogen and oxygen atoms in total. The van der Waals surface area contributed by atoms with E-state index in [1.807, 2.05) is 0 Å². The van der Waals surface area contributed by atoms with Crippen molar-refractivity contribution in [2.45, 2.75) is 81.0 Å². The van der Waals surface area contributed by atoms with Gasteiger partial charge in [0.25, 0.3) is 0 Å². The van der Waals surface area contributed by atoms with E-state index in [2.05, 4.69) is 5.16 Å². The summed E-state index contributed by atoms with van der Waals surface area (Å²) < 4.78 is 41.3. The van der Waals surface area contributed by atoms with Gasteiger partial charge in [-0.3, -0.25) is 4.79 Å². The molecule has 2 aromatic carbocycles. The van der Waals surface area contributed by atoms with Crippen molar-refractivity contribution in [1.29, 1.82) is 0 Å². The highest BCUT2D eigenvalue weighted by molar-refractivity contribution is 7.89. The quantitative estimate of drug-likeness (QED) is 0.292. The predicted molar refractivity (Wildman–Crippen MR) is 163 cm³/mol. The second-order valence-corrected chi connectivity index (χ2v) is 14.7. The summed E-state index contributed by atoms with van der Waals surface area (Å²) in [6.45, 7) is 0.234. The van der Waals surface area contributed by atoms with Gasteiger partial charge >= 0.3 is 5.97 Å². The molecule has 1 aromatic heterocycles. The second kappa shape index (κ2) is 11.4. The Morgan fingerprint density at radius 3 is 2.41 bits per heavy atom. The SMILES string of the molecule is NS(=O)(=O)[C@@H]1CCC[C@H]1OC(=O)c1ccc(N2C(=O)[C@@H]3C[C@H]2C[C@H]3OCc2c(-c3c(Cl)cccc3Cl)noc2C2CC2)cc1. The molecular formula is C31H31Cl2N3O7S. The first-order valence-corrected chi connectivity index (χ1v) is 17.2. The molecule has 0 unspecified atom stereocenters. The number of nitrogens with zero attached hydrogens (tertiary/aromatic N) is 2. The Bertz CT molecular complexity index is 1700. The number of esters is 1. The van der Waals surface area contributed by atoms with Crippen molar-refractivity contribution < 1.29 is 32.0 Å². The van der Waals surface area contributed by atoms with Gasteiger partial charge in [0.15, 0.2) is 0 Å². The third-order valence-electron chi connectivity index (χ3n) is 9.26. The van der Waals surface area contributed by atoms with Crippen LogP contribution in [0.5, 0.6) is 0 Å². The van der Waals surface area contributed by atoms with Crippen LogP contribution in [0.1, 0.15) is 72.5 Å². The standard InChI is InChI=1S/C31H31Cl2N3O7S/c32-22-3-1-4-23(33)27(22)28-21(29(43-35-28)16-7-8-16)15-41-25-14-19-13-20(25)30(37)36(19)18-11-9-17(10-12-18)31(38)42-24-5-2-6-26(24)44(34,39)40/h1,3-4,9-12,16,19-20,24-26H,2,5-8,13-15H2,(H2,34,39,40)/t19-,20+,24+,25+,26+/m0/s1. The van der Waals surface area contributed by atoms with E-state index >= 15 is 0 Å². The third kappa shape index (κ3) is 5.43. The molecule has 3 aliphatic carbocycles. The molecule has 2 bridgehead atoms. The van der Waals surface area contributed by atoms with Crippen molar-refractivity contribution >= 4 is 50.8 Å². The Labute approximate surface area is 264 Å². The van der Waals surface area contributed by atoms with E-state index in [1.54, 1.807) is 47.4 Å². The fourth-order valence-electron chi connectivity index (χ4n) is 6.93. The van der Waals surface area contributed by atoms with Crippen molar-refractivity contribution in [3.63, 3.8) is 0 Å². The minimum Gasteiger partial charge on any atom is -0.457 e. The van der Waals surface area contributed by atoms with Crippen molar-refractivity contribution in [3.05, 3.63) is 69.4 Å². The largest absolute Gasteiger partial charge is 0.457 e. The highest BCUT2D eigenvalue weighted by atomic mass is 35.5. The van der Waals surface area contributed by atoms with E-state index in [4.69, 9.17) is 42.3 Å². The summed E-state index contributed by atoms with van der Waals surface area (Å²) in [5.74, 6) is 0.154. The molecule has 7 rings (SSSR count). The Kier molecular flexibility index (Phi) is 7.73. The van der Waals surface area contributed by atoms with Crippen LogP contribution in [0.2, 0.25) is 10.0 Å². The number of fused-ring (bicyclic) bond motifs is 2. The number of piperidine rings is 1. The fourth-order valence-corrected chi connectivity index (χ4v) is 8.62. The Balaban J connectivity index is 1.01. The van der Waals surface area contributed by atoms with Crippen LogP contribution in [0.15, 0.2) is 47.0 Å². The van der Waals surface area contributed by atoms with Crippen molar-refractivity contribution in [2.75, 3.05) is 4.90 Å². The summed E-state index contributed by atoms with van der Waals surface area (Å²) in [5.41, 5.74) is 2.98. The first-order chi connectivity index (χ1) is 21.1. The predicted octanol–water partition coefficient (Wildman–Crippen LogP) is 5.60. The van der Waals surface area contributed by atoms with E-state index in [0.29, 0.717) is 65.0 Å². The number of rotatable bonds is 9. The van der Waals surface area contributed by atoms with Crippen LogP contribution in [-0.2, 0) is 30.9 Å². The van der Waals surface area contributed by atoms with Crippen molar-refractivity contribution in [2.24, 2.45) is 11.1 Å². The van der Waals surface area contributed by atoms with Crippen LogP contribution < -0.4 is 10.0 Å². The minimum absolute atomic E-state index is 0.0226. The monoisotopic (exact) mass is 659 g/mol. The van der Waals surface area contributed by atoms with Crippen LogP contribution in [0, 0.1) is 5.92 Å². The van der Waals surface area contributed by atoms with Crippen LogP contribution in [0.25, 0.3) is 11.3 Å². The lowest BCUT2D eigenvalue weighted by molar-refractivity contribution is -0.126. The lowest BCUT2D eigenvalue weighted by Crippen LogP contribution is -2.43. The Morgan fingerprint density at radius 2 is 1.75 bits per heavy atom. The van der Waals surface area contributed by atoms with Crippen LogP contribution in [0.3, 0.4) is 0 Å². The molecule has 5 atom stereocenters. The number of nitrogens with two attached hydrogens (primary N) is 1. The van der Waals surface area contributed by atoms with Gasteiger partial charge in [0.2, 0.25) is 15.9 Å². The summed E-state index contributed by atoms with van der Waals surface area (Å²) in [6.07, 6.45) is 3.81. The number of carbonyl (C=O) groups is 2. The molecule has 3 aromatic rings. The maximum atomic E-state index is 13.5. The molecule has 1 aliphatic heterocycles. The molecule has 3 saturated carbocycles. The number of halogens is 2. The second-order valence-electron chi connectivity index (χ2n) is 12.1. The van der Waals surface area contributed by atoms with E-state index in [0.717, 1.165) is 24.2 Å². The number of hydrogen-bond donors (Lipinski definition) is 1. The lowest BCUT2D eigenvalue weighted by Gasteiger charge is -2.31. The first kappa shape index (κ1) is 29.7. The number of sulfonamides is 1. The van der Waals surface area contributed by atoms with Gasteiger partial charge in [-0.1, -0.05) is 34.4 Å². The minimum atomic E-state index is -3.80. The molecule has 232 valence electrons. The smallest absolute Gasteiger partial charge is 0.338 e. The van der Waals surface area contributed by atoms with Gasteiger partial charge in [-0.2, -0.15) is 0 Å². The van der Waals surface area contributed by atoms with Crippen LogP contribution >= 0.6 is 23.2 Å². The van der Waals surface area contributed by atoms with Crippen LogP contribution in [0.4, 0.5) is 5.69 Å². The average Bonchev–Trinajstić information content (AvgIpc) is 3.28. The number of hydrogen-bond acceptors (Lipinski definition) is 8. The van der Waals surface area contributed by atoms with E-state index < -0.39 is 27.3 Å². The topological polar surface area (TPSA) is 142 Å². The average molecular weight is 661 g/mol. The maximum absolute atomic E-state index is 13.5. The molecule has 4 aliphatic rings. The van der Waals surface area contributed by atoms with Crippen molar-refractivity contribution in [1.82, 2.24) is 5.16 Å². The summed E-state index contributed by atoms with van der Waals surface area (Å²) in [4.78, 5) is 28.0. The molecule has 44 heavy (non-hydrogen) atoms. The number of aromatic nitrogens is 1. The van der Waals surface area contributed by atoms with E-state index in [1.165, 1.54) is 0 Å². The summed E-state index contributed by atoms with van der Waals surface area (Å²) in [7, 11) is -3.80. The zero-order valence-electron chi connectivity index (χ0n) is 23.7. The highest BCUT2D eigenvalue weighted by Gasteiger charge is 2.52. The number of carbonyl (C=O) groups excluding carboxylic acids is 2. The molecule has 2 heterocycles. The van der Waals surface area contributed by atoms with Crippen molar-refractivity contribution in [3.8, 4) is 11.3 Å². The van der Waals surface area contributed by atoms with Gasteiger partial charge in [0.1, 0.15) is 22.8 Å². The third-order valence-corrected chi connectivity index (χ3v) is 11.3. The van der Waals surface area contributed by atoms with Gasteiger partial charge < -0.3 is 18.9 Å². The maximum Gasteiger partial charge on any atom is 0.338 e. The number of anilines is 1. The van der Waals surface area contributed by atoms with Crippen LogP contribution in [-0.4, -0.2) is 49.0 Å². The van der Waals surface area contributed by atoms with Gasteiger partial charge in [-0.05, 0) is 81.3 Å². The Morgan fingerprint density at radius 1 is 1.02 bits per heavy atom. The molecule has 1 amide bonds. The molecule has 0 spiro atoms. The van der Waals surface area contributed by atoms with Gasteiger partial charge in [-0.25, -0.2) is 18.4 Å². The molecule has 13 heteroatoms. The highest BCUT2D eigenvalue weighted by Crippen LogP contribution is 2.47. The summed E-state index contributed by atoms with van der Waals surface area (Å²) in [6, 6.07) is 11.9. The van der Waals surface area contributed by atoms with Gasteiger partial charge in [-0.15, -0.1) is 0 Å². The summed E-state index contributed by atoms with van der Waals surface area (Å²) >= 11 is 13.0. The Hall–Kier alpha value is -2.96. The molecule has 4 fully saturated rings. The lowest BCUT2D eigenvalue weighted by atomic mass is 10.0. The van der Waals surface area contributed by atoms with Gasteiger partial charge in [0, 0.05) is 28.8 Å². The number of amides is 1. The zero-order chi connectivity index (χ0) is 30.7. The fraction of sp³-hybridized carbons (Fsp3) is 0.452. The zero-order valence-corrected chi connectivity index (χ0v) is 26.0. The van der Waals surface area contributed by atoms with E-state index in [-0.39, 0.29) is 36.1 Å². The molecular weight excluding hydrogens is 629 g/mol. The summed E-state index contributed by atoms with van der Waals surface area (Å²) in [5, 5.41) is 9.71. The normalized spacial score (nSPS) is 26.5. The first-order valence-electron chi connectivity index (χ1n) is 14.8. The molecule has 0 radical (unpaired) electrons.